The molecule has 0 aromatic rings. The van der Waals surface area contributed by atoms with Gasteiger partial charge in [0.05, 0.1) is 0 Å². The topological polar surface area (TPSA) is 80.3 Å². The standard InChI is InChI=1S/2C9H18O2.Cu/c2*1-7(5-8(10)11)6-9(2,3)4;/h2*7H,5-6H2,1-4H3,(H,10,11);/q;;+2/p-2. The average Bonchev–Trinajstić information content (AvgIpc) is 2.07. The quantitative estimate of drug-likeness (QED) is 0.665. The first-order valence-electron chi connectivity index (χ1n) is 8.02. The van der Waals surface area contributed by atoms with Gasteiger partial charge in [-0.05, 0) is 48.3 Å². The summed E-state index contributed by atoms with van der Waals surface area (Å²) in [7, 11) is 0. The summed E-state index contributed by atoms with van der Waals surface area (Å²) in [5.41, 5.74) is 0.434. The maximum atomic E-state index is 10.2. The number of carbonyl (C=O) groups excluding carboxylic acids is 2. The fourth-order valence-corrected chi connectivity index (χ4v) is 2.80. The van der Waals surface area contributed by atoms with E-state index in [0.717, 1.165) is 12.8 Å². The number of rotatable bonds is 6. The molecule has 0 aliphatic rings. The first-order valence-corrected chi connectivity index (χ1v) is 8.02. The summed E-state index contributed by atoms with van der Waals surface area (Å²) in [6.45, 7) is 16.6. The molecule has 0 fully saturated rings. The SMILES string of the molecule is CC(CC(=O)[O-])CC(C)(C)C.CC(CC(=O)[O-])CC(C)(C)C.[Cu+2]. The van der Waals surface area contributed by atoms with E-state index in [1.54, 1.807) is 0 Å². The Morgan fingerprint density at radius 1 is 0.739 bits per heavy atom. The zero-order valence-electron chi connectivity index (χ0n) is 15.9. The van der Waals surface area contributed by atoms with Gasteiger partial charge in [-0.25, -0.2) is 0 Å². The van der Waals surface area contributed by atoms with Crippen LogP contribution in [-0.4, -0.2) is 11.9 Å². The fraction of sp³-hybridized carbons (Fsp3) is 0.889. The van der Waals surface area contributed by atoms with Crippen LogP contribution in [0.1, 0.15) is 81.1 Å². The minimum atomic E-state index is -0.943. The van der Waals surface area contributed by atoms with Crippen molar-refractivity contribution >= 4 is 11.9 Å². The van der Waals surface area contributed by atoms with Crippen LogP contribution in [0.15, 0.2) is 0 Å². The van der Waals surface area contributed by atoms with E-state index in [1.807, 2.05) is 13.8 Å². The minimum Gasteiger partial charge on any atom is -0.550 e. The Kier molecular flexibility index (Phi) is 14.1. The Bertz CT molecular complexity index is 306. The van der Waals surface area contributed by atoms with Crippen LogP contribution in [0.25, 0.3) is 0 Å². The molecule has 0 heterocycles. The first kappa shape index (κ1) is 27.3. The normalized spacial score (nSPS) is 13.9. The molecule has 4 nitrogen and oxygen atoms in total. The third-order valence-electron chi connectivity index (χ3n) is 2.95. The predicted molar refractivity (Wildman–Crippen MR) is 85.7 cm³/mol. The van der Waals surface area contributed by atoms with E-state index >= 15 is 0 Å². The smallest absolute Gasteiger partial charge is 0.550 e. The number of carbonyl (C=O) groups is 2. The predicted octanol–water partition coefficient (Wildman–Crippen LogP) is 2.39. The van der Waals surface area contributed by atoms with Crippen LogP contribution < -0.4 is 10.2 Å². The second-order valence-corrected chi connectivity index (χ2v) is 8.89. The Morgan fingerprint density at radius 2 is 0.957 bits per heavy atom. The monoisotopic (exact) mass is 377 g/mol. The molecule has 0 spiro atoms. The van der Waals surface area contributed by atoms with Gasteiger partial charge >= 0.3 is 17.1 Å². The molecule has 0 saturated carbocycles. The minimum absolute atomic E-state index is 0. The van der Waals surface area contributed by atoms with Crippen molar-refractivity contribution in [2.24, 2.45) is 22.7 Å². The van der Waals surface area contributed by atoms with Gasteiger partial charge in [0.15, 0.2) is 0 Å². The molecule has 0 aromatic carbocycles. The molecule has 0 aliphatic heterocycles. The van der Waals surface area contributed by atoms with Crippen LogP contribution in [-0.2, 0) is 26.7 Å². The summed E-state index contributed by atoms with van der Waals surface area (Å²) in [6, 6.07) is 0. The van der Waals surface area contributed by atoms with Crippen molar-refractivity contribution in [2.45, 2.75) is 81.1 Å². The van der Waals surface area contributed by atoms with Gasteiger partial charge in [-0.3, -0.25) is 0 Å². The zero-order valence-corrected chi connectivity index (χ0v) is 16.9. The van der Waals surface area contributed by atoms with Crippen molar-refractivity contribution in [2.75, 3.05) is 0 Å². The number of carboxylic acid groups (broad SMARTS) is 2. The van der Waals surface area contributed by atoms with Gasteiger partial charge in [-0.15, -0.1) is 0 Å². The van der Waals surface area contributed by atoms with Crippen molar-refractivity contribution in [3.63, 3.8) is 0 Å². The van der Waals surface area contributed by atoms with E-state index in [-0.39, 0.29) is 52.6 Å². The van der Waals surface area contributed by atoms with E-state index in [1.165, 1.54) is 0 Å². The van der Waals surface area contributed by atoms with E-state index in [0.29, 0.717) is 0 Å². The molecule has 0 rings (SSSR count). The van der Waals surface area contributed by atoms with Gasteiger partial charge in [0.2, 0.25) is 0 Å². The first-order chi connectivity index (χ1) is 9.62. The molecule has 0 aliphatic carbocycles. The Morgan fingerprint density at radius 3 is 1.09 bits per heavy atom. The maximum Gasteiger partial charge on any atom is 2.00 e. The number of hydrogen-bond donors (Lipinski definition) is 0. The molecule has 0 aromatic heterocycles. The van der Waals surface area contributed by atoms with E-state index in [2.05, 4.69) is 41.5 Å². The molecule has 23 heavy (non-hydrogen) atoms. The molecule has 5 heteroatoms. The van der Waals surface area contributed by atoms with E-state index < -0.39 is 11.9 Å². The van der Waals surface area contributed by atoms with Gasteiger partial charge in [0, 0.05) is 11.9 Å². The Labute approximate surface area is 152 Å². The molecular weight excluding hydrogens is 344 g/mol. The molecule has 0 N–H and O–H groups in total. The van der Waals surface area contributed by atoms with Crippen molar-refractivity contribution in [1.82, 2.24) is 0 Å². The molecule has 141 valence electrons. The van der Waals surface area contributed by atoms with Crippen molar-refractivity contribution in [1.29, 1.82) is 0 Å². The van der Waals surface area contributed by atoms with E-state index in [9.17, 15) is 19.8 Å². The molecule has 1 radical (unpaired) electrons. The van der Waals surface area contributed by atoms with Gasteiger partial charge in [0.1, 0.15) is 0 Å². The Balaban J connectivity index is -0.000000333. The second-order valence-electron chi connectivity index (χ2n) is 8.89. The van der Waals surface area contributed by atoms with Gasteiger partial charge < -0.3 is 19.8 Å². The molecule has 0 saturated heterocycles. The maximum absolute atomic E-state index is 10.2. The zero-order chi connectivity index (χ0) is 18.1. The number of hydrogen-bond acceptors (Lipinski definition) is 4. The third kappa shape index (κ3) is 26.7. The van der Waals surface area contributed by atoms with E-state index in [4.69, 9.17) is 0 Å². The summed E-state index contributed by atoms with van der Waals surface area (Å²) in [5, 5.41) is 20.4. The molecule has 0 amide bonds. The van der Waals surface area contributed by atoms with Crippen LogP contribution in [0.3, 0.4) is 0 Å². The Hall–Kier alpha value is -0.541. The van der Waals surface area contributed by atoms with Gasteiger partial charge in [0.25, 0.3) is 0 Å². The summed E-state index contributed by atoms with van der Waals surface area (Å²) in [5.74, 6) is -1.44. The summed E-state index contributed by atoms with van der Waals surface area (Å²) in [6.07, 6.45) is 2.22. The van der Waals surface area contributed by atoms with Crippen LogP contribution >= 0.6 is 0 Å². The number of aliphatic carboxylic acids is 2. The van der Waals surface area contributed by atoms with Crippen molar-refractivity contribution in [3.8, 4) is 0 Å². The molecule has 2 atom stereocenters. The van der Waals surface area contributed by atoms with Crippen LogP contribution in [0, 0.1) is 22.7 Å². The third-order valence-corrected chi connectivity index (χ3v) is 2.95. The van der Waals surface area contributed by atoms with Gasteiger partial charge in [-0.2, -0.15) is 0 Å². The van der Waals surface area contributed by atoms with Crippen LogP contribution in [0.5, 0.6) is 0 Å². The number of carboxylic acids is 2. The second kappa shape index (κ2) is 11.9. The van der Waals surface area contributed by atoms with Crippen LogP contribution in [0.4, 0.5) is 0 Å². The molecule has 2 unspecified atom stereocenters. The van der Waals surface area contributed by atoms with Gasteiger partial charge in [-0.1, -0.05) is 55.4 Å². The summed E-state index contributed by atoms with van der Waals surface area (Å²) < 4.78 is 0. The van der Waals surface area contributed by atoms with Crippen molar-refractivity contribution in [3.05, 3.63) is 0 Å². The summed E-state index contributed by atoms with van der Waals surface area (Å²) in [4.78, 5) is 20.4. The van der Waals surface area contributed by atoms with Crippen LogP contribution in [0.2, 0.25) is 0 Å². The molecule has 0 bridgehead atoms. The summed E-state index contributed by atoms with van der Waals surface area (Å²) >= 11 is 0. The fourth-order valence-electron chi connectivity index (χ4n) is 2.80. The van der Waals surface area contributed by atoms with Crippen molar-refractivity contribution < 1.29 is 36.9 Å². The average molecular weight is 378 g/mol. The largest absolute Gasteiger partial charge is 2.00 e. The molecular formula is C18H34CuO4.